The maximum Gasteiger partial charge on any atom is 0.154 e. The minimum absolute atomic E-state index is 0.0681. The van der Waals surface area contributed by atoms with Gasteiger partial charge in [0.1, 0.15) is 0 Å². The molecule has 0 aliphatic carbocycles. The molecule has 0 bridgehead atoms. The molecule has 4 nitrogen and oxygen atoms in total. The van der Waals surface area contributed by atoms with Crippen LogP contribution in [0.25, 0.3) is 0 Å². The smallest absolute Gasteiger partial charge is 0.154 e. The van der Waals surface area contributed by atoms with Crippen LogP contribution < -0.4 is 5.32 Å². The molecule has 0 aliphatic rings. The molecule has 1 aromatic carbocycles. The molecular formula is C16H27NO3S. The van der Waals surface area contributed by atoms with E-state index in [1.54, 1.807) is 0 Å². The highest BCUT2D eigenvalue weighted by Crippen LogP contribution is 2.21. The van der Waals surface area contributed by atoms with E-state index in [-0.39, 0.29) is 24.2 Å². The van der Waals surface area contributed by atoms with Crippen LogP contribution in [-0.4, -0.2) is 40.2 Å². The number of rotatable bonds is 9. The summed E-state index contributed by atoms with van der Waals surface area (Å²) in [6, 6.07) is 6.02. The second kappa shape index (κ2) is 8.51. The quantitative estimate of drug-likeness (QED) is 0.760. The van der Waals surface area contributed by atoms with Gasteiger partial charge in [0.15, 0.2) is 9.84 Å². The van der Waals surface area contributed by atoms with Gasteiger partial charge in [0, 0.05) is 13.2 Å². The van der Waals surface area contributed by atoms with Crippen molar-refractivity contribution in [3.63, 3.8) is 0 Å². The molecule has 0 saturated carbocycles. The van der Waals surface area contributed by atoms with E-state index in [1.807, 2.05) is 19.9 Å². The fraction of sp³-hybridized carbons (Fsp3) is 0.625. The van der Waals surface area contributed by atoms with Crippen LogP contribution in [0.3, 0.4) is 0 Å². The van der Waals surface area contributed by atoms with E-state index >= 15 is 0 Å². The van der Waals surface area contributed by atoms with Crippen LogP contribution in [0.5, 0.6) is 0 Å². The van der Waals surface area contributed by atoms with Gasteiger partial charge in [0.2, 0.25) is 0 Å². The summed E-state index contributed by atoms with van der Waals surface area (Å²) in [6.45, 7) is 7.18. The SMILES string of the molecule is CCCNC(CS(=O)(=O)CCOC)c1cc(C)ccc1C. The van der Waals surface area contributed by atoms with Gasteiger partial charge in [-0.05, 0) is 37.9 Å². The maximum absolute atomic E-state index is 12.2. The van der Waals surface area contributed by atoms with Crippen molar-refractivity contribution < 1.29 is 13.2 Å². The van der Waals surface area contributed by atoms with Crippen molar-refractivity contribution in [2.45, 2.75) is 33.2 Å². The summed E-state index contributed by atoms with van der Waals surface area (Å²) in [7, 11) is -1.62. The summed E-state index contributed by atoms with van der Waals surface area (Å²) in [5.41, 5.74) is 3.34. The van der Waals surface area contributed by atoms with E-state index in [0.29, 0.717) is 0 Å². The third kappa shape index (κ3) is 6.16. The molecule has 0 fully saturated rings. The van der Waals surface area contributed by atoms with Crippen LogP contribution in [0.2, 0.25) is 0 Å². The molecule has 0 amide bonds. The molecule has 1 unspecified atom stereocenters. The number of benzene rings is 1. The minimum Gasteiger partial charge on any atom is -0.384 e. The van der Waals surface area contributed by atoms with Crippen molar-refractivity contribution in [1.29, 1.82) is 0 Å². The van der Waals surface area contributed by atoms with Crippen molar-refractivity contribution in [3.05, 3.63) is 34.9 Å². The van der Waals surface area contributed by atoms with Gasteiger partial charge in [0.05, 0.1) is 18.1 Å². The van der Waals surface area contributed by atoms with E-state index in [4.69, 9.17) is 4.74 Å². The molecule has 120 valence electrons. The average molecular weight is 313 g/mol. The predicted molar refractivity (Wildman–Crippen MR) is 87.5 cm³/mol. The standard InChI is InChI=1S/C16H27NO3S/c1-5-8-17-16(12-21(18,19)10-9-20-4)15-11-13(2)6-7-14(15)3/h6-7,11,16-17H,5,8-10,12H2,1-4H3. The molecule has 0 aromatic heterocycles. The number of nitrogens with one attached hydrogen (secondary N) is 1. The average Bonchev–Trinajstić information content (AvgIpc) is 2.44. The fourth-order valence-electron chi connectivity index (χ4n) is 2.26. The first-order chi connectivity index (χ1) is 9.89. The Bertz CT molecular complexity index is 540. The van der Waals surface area contributed by atoms with Gasteiger partial charge in [-0.3, -0.25) is 0 Å². The predicted octanol–water partition coefficient (Wildman–Crippen LogP) is 2.41. The third-order valence-corrected chi connectivity index (χ3v) is 5.10. The molecule has 1 atom stereocenters. The highest BCUT2D eigenvalue weighted by atomic mass is 32.2. The first-order valence-electron chi connectivity index (χ1n) is 7.39. The Morgan fingerprint density at radius 1 is 1.29 bits per heavy atom. The molecule has 1 N–H and O–H groups in total. The van der Waals surface area contributed by atoms with Crippen molar-refractivity contribution in [2.75, 3.05) is 31.8 Å². The molecule has 0 spiro atoms. The molecular weight excluding hydrogens is 286 g/mol. The van der Waals surface area contributed by atoms with Gasteiger partial charge < -0.3 is 10.1 Å². The fourth-order valence-corrected chi connectivity index (χ4v) is 3.65. The van der Waals surface area contributed by atoms with Crippen molar-refractivity contribution in [2.24, 2.45) is 0 Å². The summed E-state index contributed by atoms with van der Waals surface area (Å²) < 4.78 is 29.3. The Kier molecular flexibility index (Phi) is 7.35. The van der Waals surface area contributed by atoms with E-state index in [0.717, 1.165) is 29.7 Å². The van der Waals surface area contributed by atoms with Gasteiger partial charge in [0.25, 0.3) is 0 Å². The lowest BCUT2D eigenvalue weighted by atomic mass is 10.00. The lowest BCUT2D eigenvalue weighted by Crippen LogP contribution is -2.31. The summed E-state index contributed by atoms with van der Waals surface area (Å²) in [6.07, 6.45) is 0.972. The third-order valence-electron chi connectivity index (χ3n) is 3.47. The molecule has 0 heterocycles. The van der Waals surface area contributed by atoms with E-state index in [2.05, 4.69) is 24.4 Å². The molecule has 0 radical (unpaired) electrons. The number of sulfone groups is 1. The summed E-state index contributed by atoms with van der Waals surface area (Å²) in [5.74, 6) is 0.180. The van der Waals surface area contributed by atoms with Crippen LogP contribution in [-0.2, 0) is 14.6 Å². The van der Waals surface area contributed by atoms with E-state index < -0.39 is 9.84 Å². The van der Waals surface area contributed by atoms with Crippen molar-refractivity contribution in [3.8, 4) is 0 Å². The molecule has 5 heteroatoms. The number of hydrogen-bond donors (Lipinski definition) is 1. The minimum atomic E-state index is -3.14. The van der Waals surface area contributed by atoms with Gasteiger partial charge in [-0.1, -0.05) is 30.7 Å². The highest BCUT2D eigenvalue weighted by molar-refractivity contribution is 7.91. The highest BCUT2D eigenvalue weighted by Gasteiger charge is 2.21. The van der Waals surface area contributed by atoms with Crippen LogP contribution in [0.15, 0.2) is 18.2 Å². The molecule has 1 aromatic rings. The summed E-state index contributed by atoms with van der Waals surface area (Å²) in [4.78, 5) is 0. The Hall–Kier alpha value is -0.910. The first-order valence-corrected chi connectivity index (χ1v) is 9.21. The van der Waals surface area contributed by atoms with Gasteiger partial charge >= 0.3 is 0 Å². The summed E-state index contributed by atoms with van der Waals surface area (Å²) >= 11 is 0. The molecule has 21 heavy (non-hydrogen) atoms. The Labute approximate surface area is 128 Å². The van der Waals surface area contributed by atoms with Gasteiger partial charge in [-0.2, -0.15) is 0 Å². The Morgan fingerprint density at radius 2 is 2.00 bits per heavy atom. The number of hydrogen-bond acceptors (Lipinski definition) is 4. The topological polar surface area (TPSA) is 55.4 Å². The maximum atomic E-state index is 12.2. The normalized spacial score (nSPS) is 13.3. The lowest BCUT2D eigenvalue weighted by Gasteiger charge is -2.21. The second-order valence-electron chi connectivity index (χ2n) is 5.47. The molecule has 1 rings (SSSR count). The summed E-state index contributed by atoms with van der Waals surface area (Å²) in [5, 5.41) is 3.37. The van der Waals surface area contributed by atoms with Crippen LogP contribution in [0.1, 0.15) is 36.1 Å². The zero-order valence-corrected chi connectivity index (χ0v) is 14.3. The number of methoxy groups -OCH3 is 1. The van der Waals surface area contributed by atoms with Gasteiger partial charge in [-0.15, -0.1) is 0 Å². The van der Waals surface area contributed by atoms with Crippen molar-refractivity contribution >= 4 is 9.84 Å². The molecule has 0 saturated heterocycles. The van der Waals surface area contributed by atoms with Crippen LogP contribution in [0, 0.1) is 13.8 Å². The van der Waals surface area contributed by atoms with Crippen LogP contribution in [0.4, 0.5) is 0 Å². The van der Waals surface area contributed by atoms with Crippen molar-refractivity contribution in [1.82, 2.24) is 5.32 Å². The molecule has 0 aliphatic heterocycles. The number of aryl methyl sites for hydroxylation is 2. The first kappa shape index (κ1) is 18.1. The van der Waals surface area contributed by atoms with E-state index in [1.165, 1.54) is 7.11 Å². The largest absolute Gasteiger partial charge is 0.384 e. The van der Waals surface area contributed by atoms with Crippen LogP contribution >= 0.6 is 0 Å². The van der Waals surface area contributed by atoms with E-state index in [9.17, 15) is 8.42 Å². The number of ether oxygens (including phenoxy) is 1. The van der Waals surface area contributed by atoms with Gasteiger partial charge in [-0.25, -0.2) is 8.42 Å². The lowest BCUT2D eigenvalue weighted by molar-refractivity contribution is 0.217. The Balaban J connectivity index is 2.97. The second-order valence-corrected chi connectivity index (χ2v) is 7.70. The Morgan fingerprint density at radius 3 is 2.62 bits per heavy atom. The zero-order valence-electron chi connectivity index (χ0n) is 13.5. The zero-order chi connectivity index (χ0) is 15.9. The monoisotopic (exact) mass is 313 g/mol.